The van der Waals surface area contributed by atoms with Crippen LogP contribution in [0.5, 0.6) is 0 Å². The molecule has 0 aromatic heterocycles. The Kier molecular flexibility index (Phi) is 3.92. The molecule has 0 amide bonds. The molecule has 0 radical (unpaired) electrons. The van der Waals surface area contributed by atoms with Gasteiger partial charge in [-0.2, -0.15) is 0 Å². The number of carboxylic acids is 1. The second-order valence-electron chi connectivity index (χ2n) is 4.29. The lowest BCUT2D eigenvalue weighted by Crippen LogP contribution is -2.32. The van der Waals surface area contributed by atoms with E-state index in [0.717, 1.165) is 5.56 Å². The molecule has 2 rings (SSSR count). The fourth-order valence-electron chi connectivity index (χ4n) is 1.96. The Balaban J connectivity index is 2.42. The molecule has 0 aliphatic rings. The van der Waals surface area contributed by atoms with E-state index in [0.29, 0.717) is 11.1 Å². The van der Waals surface area contributed by atoms with Crippen molar-refractivity contribution in [2.24, 2.45) is 5.73 Å². The summed E-state index contributed by atoms with van der Waals surface area (Å²) in [4.78, 5) is 10.8. The van der Waals surface area contributed by atoms with Crippen LogP contribution < -0.4 is 5.73 Å². The van der Waals surface area contributed by atoms with Crippen LogP contribution in [0.3, 0.4) is 0 Å². The monoisotopic (exact) mass is 259 g/mol. The van der Waals surface area contributed by atoms with Gasteiger partial charge in [-0.1, -0.05) is 42.5 Å². The molecule has 3 N–H and O–H groups in total. The molecule has 3 nitrogen and oxygen atoms in total. The highest BCUT2D eigenvalue weighted by molar-refractivity contribution is 5.75. The zero-order valence-electron chi connectivity index (χ0n) is 10.2. The van der Waals surface area contributed by atoms with Crippen LogP contribution in [0.2, 0.25) is 0 Å². The Labute approximate surface area is 110 Å². The fourth-order valence-corrected chi connectivity index (χ4v) is 1.96. The van der Waals surface area contributed by atoms with E-state index in [9.17, 15) is 9.18 Å². The van der Waals surface area contributed by atoms with Gasteiger partial charge < -0.3 is 10.8 Å². The largest absolute Gasteiger partial charge is 0.480 e. The van der Waals surface area contributed by atoms with Crippen molar-refractivity contribution in [1.29, 1.82) is 0 Å². The zero-order chi connectivity index (χ0) is 13.8. The van der Waals surface area contributed by atoms with Crippen LogP contribution in [0, 0.1) is 5.82 Å². The maximum Gasteiger partial charge on any atom is 0.320 e. The van der Waals surface area contributed by atoms with Crippen molar-refractivity contribution >= 4 is 5.97 Å². The van der Waals surface area contributed by atoms with Crippen molar-refractivity contribution in [3.63, 3.8) is 0 Å². The Morgan fingerprint density at radius 3 is 2.32 bits per heavy atom. The first-order chi connectivity index (χ1) is 9.09. The van der Waals surface area contributed by atoms with Crippen molar-refractivity contribution < 1.29 is 14.3 Å². The summed E-state index contributed by atoms with van der Waals surface area (Å²) < 4.78 is 13.8. The van der Waals surface area contributed by atoms with Gasteiger partial charge in [-0.25, -0.2) is 4.39 Å². The van der Waals surface area contributed by atoms with Crippen molar-refractivity contribution in [1.82, 2.24) is 0 Å². The highest BCUT2D eigenvalue weighted by atomic mass is 19.1. The molecular weight excluding hydrogens is 245 g/mol. The molecule has 0 fully saturated rings. The summed E-state index contributed by atoms with van der Waals surface area (Å²) in [6.45, 7) is 0. The molecule has 98 valence electrons. The predicted octanol–water partition coefficient (Wildman–Crippen LogP) is 2.45. The minimum Gasteiger partial charge on any atom is -0.480 e. The maximum absolute atomic E-state index is 13.8. The topological polar surface area (TPSA) is 63.3 Å². The lowest BCUT2D eigenvalue weighted by atomic mass is 9.95. The summed E-state index contributed by atoms with van der Waals surface area (Å²) in [5.74, 6) is -1.40. The van der Waals surface area contributed by atoms with E-state index in [4.69, 9.17) is 10.8 Å². The average molecular weight is 259 g/mol. The first-order valence-corrected chi connectivity index (χ1v) is 5.91. The number of nitrogens with two attached hydrogens (primary N) is 1. The van der Waals surface area contributed by atoms with E-state index in [-0.39, 0.29) is 12.2 Å². The molecule has 0 aliphatic carbocycles. The molecule has 4 heteroatoms. The van der Waals surface area contributed by atoms with Crippen molar-refractivity contribution in [3.05, 3.63) is 59.9 Å². The van der Waals surface area contributed by atoms with Gasteiger partial charge in [0, 0.05) is 5.56 Å². The van der Waals surface area contributed by atoms with Crippen LogP contribution in [0.1, 0.15) is 5.56 Å². The summed E-state index contributed by atoms with van der Waals surface area (Å²) >= 11 is 0. The summed E-state index contributed by atoms with van der Waals surface area (Å²) in [5, 5.41) is 8.86. The molecule has 0 heterocycles. The molecule has 0 saturated heterocycles. The number of hydrogen-bond acceptors (Lipinski definition) is 2. The van der Waals surface area contributed by atoms with Crippen LogP contribution in [0.25, 0.3) is 11.1 Å². The van der Waals surface area contributed by atoms with E-state index in [1.165, 1.54) is 6.07 Å². The summed E-state index contributed by atoms with van der Waals surface area (Å²) in [6, 6.07) is 12.5. The zero-order valence-corrected chi connectivity index (χ0v) is 10.2. The average Bonchev–Trinajstić information content (AvgIpc) is 2.40. The first-order valence-electron chi connectivity index (χ1n) is 5.91. The minimum atomic E-state index is -1.07. The summed E-state index contributed by atoms with van der Waals surface area (Å²) in [7, 11) is 0. The Bertz CT molecular complexity index is 598. The first kappa shape index (κ1) is 13.2. The molecular formula is C15H14FNO2. The molecule has 1 unspecified atom stereocenters. The Morgan fingerprint density at radius 1 is 1.11 bits per heavy atom. The van der Waals surface area contributed by atoms with Gasteiger partial charge in [-0.3, -0.25) is 4.79 Å². The van der Waals surface area contributed by atoms with E-state index >= 15 is 0 Å². The van der Waals surface area contributed by atoms with E-state index in [1.54, 1.807) is 42.5 Å². The highest BCUT2D eigenvalue weighted by Crippen LogP contribution is 2.26. The Hall–Kier alpha value is -2.20. The quantitative estimate of drug-likeness (QED) is 0.886. The lowest BCUT2D eigenvalue weighted by molar-refractivity contribution is -0.138. The predicted molar refractivity (Wildman–Crippen MR) is 71.2 cm³/mol. The molecule has 1 atom stereocenters. The van der Waals surface area contributed by atoms with Gasteiger partial charge in [0.1, 0.15) is 11.9 Å². The third-order valence-electron chi connectivity index (χ3n) is 2.94. The van der Waals surface area contributed by atoms with Crippen LogP contribution >= 0.6 is 0 Å². The third kappa shape index (κ3) is 2.98. The van der Waals surface area contributed by atoms with Crippen molar-refractivity contribution in [3.8, 4) is 11.1 Å². The number of carboxylic acid groups (broad SMARTS) is 1. The molecule has 19 heavy (non-hydrogen) atoms. The molecule has 0 spiro atoms. The van der Waals surface area contributed by atoms with Crippen molar-refractivity contribution in [2.75, 3.05) is 0 Å². The number of aliphatic carboxylic acids is 1. The van der Waals surface area contributed by atoms with Gasteiger partial charge in [0.05, 0.1) is 0 Å². The van der Waals surface area contributed by atoms with E-state index in [1.807, 2.05) is 0 Å². The SMILES string of the molecule is NC(Cc1ccccc1-c1ccccc1F)C(=O)O. The number of hydrogen-bond donors (Lipinski definition) is 2. The van der Waals surface area contributed by atoms with Gasteiger partial charge >= 0.3 is 5.97 Å². The smallest absolute Gasteiger partial charge is 0.320 e. The van der Waals surface area contributed by atoms with Gasteiger partial charge in [-0.05, 0) is 23.6 Å². The number of rotatable bonds is 4. The lowest BCUT2D eigenvalue weighted by Gasteiger charge is -2.12. The summed E-state index contributed by atoms with van der Waals surface area (Å²) in [5.41, 5.74) is 7.40. The van der Waals surface area contributed by atoms with Gasteiger partial charge in [-0.15, -0.1) is 0 Å². The van der Waals surface area contributed by atoms with Crippen molar-refractivity contribution in [2.45, 2.75) is 12.5 Å². The van der Waals surface area contributed by atoms with E-state index < -0.39 is 12.0 Å². The fraction of sp³-hybridized carbons (Fsp3) is 0.133. The molecule has 0 saturated carbocycles. The van der Waals surface area contributed by atoms with Crippen LogP contribution in [0.4, 0.5) is 4.39 Å². The van der Waals surface area contributed by atoms with E-state index in [2.05, 4.69) is 0 Å². The second kappa shape index (κ2) is 5.63. The third-order valence-corrected chi connectivity index (χ3v) is 2.94. The molecule has 2 aromatic rings. The van der Waals surface area contributed by atoms with Crippen LogP contribution in [0.15, 0.2) is 48.5 Å². The highest BCUT2D eigenvalue weighted by Gasteiger charge is 2.16. The normalized spacial score (nSPS) is 12.1. The summed E-state index contributed by atoms with van der Waals surface area (Å²) in [6.07, 6.45) is 0.167. The number of carbonyl (C=O) groups is 1. The number of halogens is 1. The second-order valence-corrected chi connectivity index (χ2v) is 4.29. The standard InChI is InChI=1S/C15H14FNO2/c16-13-8-4-3-7-12(13)11-6-2-1-5-10(11)9-14(17)15(18)19/h1-8,14H,9,17H2,(H,18,19). The molecule has 0 bridgehead atoms. The maximum atomic E-state index is 13.8. The minimum absolute atomic E-state index is 0.167. The molecule has 2 aromatic carbocycles. The van der Waals surface area contributed by atoms with Gasteiger partial charge in [0.2, 0.25) is 0 Å². The molecule has 0 aliphatic heterocycles. The van der Waals surface area contributed by atoms with Crippen LogP contribution in [-0.4, -0.2) is 17.1 Å². The number of benzene rings is 2. The Morgan fingerprint density at radius 2 is 1.68 bits per heavy atom. The van der Waals surface area contributed by atoms with Gasteiger partial charge in [0.25, 0.3) is 0 Å². The van der Waals surface area contributed by atoms with Gasteiger partial charge in [0.15, 0.2) is 0 Å². The van der Waals surface area contributed by atoms with Crippen LogP contribution in [-0.2, 0) is 11.2 Å².